The molecular formula is C11H19N3O. The van der Waals surface area contributed by atoms with E-state index in [9.17, 15) is 5.21 Å². The van der Waals surface area contributed by atoms with E-state index in [1.807, 2.05) is 0 Å². The Balaban J connectivity index is 2.35. The van der Waals surface area contributed by atoms with Gasteiger partial charge in [0.15, 0.2) is 0 Å². The van der Waals surface area contributed by atoms with Crippen molar-refractivity contribution in [2.45, 2.75) is 45.7 Å². The number of nitrogens with zero attached hydrogens (tertiary/aromatic N) is 3. The van der Waals surface area contributed by atoms with E-state index < -0.39 is 0 Å². The minimum Gasteiger partial charge on any atom is -0.331 e. The van der Waals surface area contributed by atoms with E-state index in [4.69, 9.17) is 0 Å². The van der Waals surface area contributed by atoms with Gasteiger partial charge in [0.2, 0.25) is 0 Å². The maximum Gasteiger partial charge on any atom is 0.109 e. The van der Waals surface area contributed by atoms with Crippen LogP contribution in [0.5, 0.6) is 0 Å². The summed E-state index contributed by atoms with van der Waals surface area (Å²) >= 11 is 0. The number of imidazole rings is 1. The summed E-state index contributed by atoms with van der Waals surface area (Å²) in [5, 5.41) is 10.6. The van der Waals surface area contributed by atoms with Crippen molar-refractivity contribution in [2.24, 2.45) is 0 Å². The van der Waals surface area contributed by atoms with Crippen LogP contribution >= 0.6 is 0 Å². The van der Waals surface area contributed by atoms with Gasteiger partial charge in [-0.3, -0.25) is 0 Å². The van der Waals surface area contributed by atoms with Crippen molar-refractivity contribution >= 4 is 0 Å². The van der Waals surface area contributed by atoms with E-state index in [0.717, 1.165) is 25.1 Å². The molecule has 1 N–H and O–H groups in total. The van der Waals surface area contributed by atoms with E-state index in [2.05, 4.69) is 16.5 Å². The Kier molecular flexibility index (Phi) is 3.07. The molecule has 1 aromatic heterocycles. The molecule has 84 valence electrons. The van der Waals surface area contributed by atoms with Gasteiger partial charge in [-0.1, -0.05) is 6.92 Å². The lowest BCUT2D eigenvalue weighted by Gasteiger charge is -2.18. The highest BCUT2D eigenvalue weighted by molar-refractivity contribution is 5.18. The molecule has 0 aromatic carbocycles. The molecule has 4 nitrogen and oxygen atoms in total. The van der Waals surface area contributed by atoms with E-state index in [1.54, 1.807) is 7.05 Å². The zero-order valence-corrected chi connectivity index (χ0v) is 9.53. The fourth-order valence-electron chi connectivity index (χ4n) is 2.28. The third-order valence-electron chi connectivity index (χ3n) is 2.98. The van der Waals surface area contributed by atoms with Gasteiger partial charge in [0, 0.05) is 20.0 Å². The number of aryl methyl sites for hydroxylation is 2. The predicted molar refractivity (Wildman–Crippen MR) is 57.8 cm³/mol. The molecule has 1 aromatic rings. The molecule has 0 atom stereocenters. The van der Waals surface area contributed by atoms with Gasteiger partial charge in [-0.05, 0) is 19.3 Å². The van der Waals surface area contributed by atoms with E-state index in [1.165, 1.54) is 29.4 Å². The van der Waals surface area contributed by atoms with E-state index >= 15 is 0 Å². The molecule has 0 aliphatic carbocycles. The topological polar surface area (TPSA) is 41.3 Å². The molecule has 1 aliphatic rings. The maximum absolute atomic E-state index is 9.34. The minimum absolute atomic E-state index is 0.580. The van der Waals surface area contributed by atoms with Gasteiger partial charge >= 0.3 is 0 Å². The number of fused-ring (bicyclic) bond motifs is 1. The quantitative estimate of drug-likeness (QED) is 0.769. The zero-order valence-electron chi connectivity index (χ0n) is 9.53. The highest BCUT2D eigenvalue weighted by Gasteiger charge is 2.18. The first kappa shape index (κ1) is 10.6. The average molecular weight is 209 g/mol. The molecule has 0 spiro atoms. The molecule has 0 bridgehead atoms. The van der Waals surface area contributed by atoms with Crippen molar-refractivity contribution in [1.82, 2.24) is 14.6 Å². The third-order valence-corrected chi connectivity index (χ3v) is 2.98. The van der Waals surface area contributed by atoms with Gasteiger partial charge in [0.05, 0.1) is 17.9 Å². The molecule has 2 rings (SSSR count). The predicted octanol–water partition coefficient (Wildman–Crippen LogP) is 1.60. The largest absolute Gasteiger partial charge is 0.331 e. The molecule has 2 heterocycles. The van der Waals surface area contributed by atoms with Crippen LogP contribution in [0.15, 0.2) is 0 Å². The van der Waals surface area contributed by atoms with Crippen molar-refractivity contribution < 1.29 is 5.21 Å². The molecule has 0 saturated heterocycles. The van der Waals surface area contributed by atoms with Crippen LogP contribution in [0, 0.1) is 0 Å². The van der Waals surface area contributed by atoms with Crippen molar-refractivity contribution in [3.05, 3.63) is 17.2 Å². The van der Waals surface area contributed by atoms with Crippen molar-refractivity contribution in [2.75, 3.05) is 7.05 Å². The van der Waals surface area contributed by atoms with Gasteiger partial charge in [0.25, 0.3) is 0 Å². The van der Waals surface area contributed by atoms with Gasteiger partial charge < -0.3 is 9.77 Å². The molecule has 0 unspecified atom stereocenters. The second-order valence-corrected chi connectivity index (χ2v) is 4.20. The summed E-state index contributed by atoms with van der Waals surface area (Å²) in [6, 6.07) is 0. The monoisotopic (exact) mass is 209 g/mol. The summed E-state index contributed by atoms with van der Waals surface area (Å²) in [4.78, 5) is 4.65. The summed E-state index contributed by atoms with van der Waals surface area (Å²) in [6.07, 6.45) is 4.51. The molecule has 0 saturated carbocycles. The van der Waals surface area contributed by atoms with Crippen molar-refractivity contribution in [3.8, 4) is 0 Å². The fraction of sp³-hybridized carbons (Fsp3) is 0.727. The normalized spacial score (nSPS) is 15.7. The molecular weight excluding hydrogens is 190 g/mol. The molecule has 0 radical (unpaired) electrons. The second kappa shape index (κ2) is 4.33. The highest BCUT2D eigenvalue weighted by Crippen LogP contribution is 2.20. The maximum atomic E-state index is 9.34. The van der Waals surface area contributed by atoms with E-state index in [-0.39, 0.29) is 0 Å². The SMILES string of the molecule is CCc1nc2n(c1CN(C)O)CCCC2. The first-order valence-electron chi connectivity index (χ1n) is 5.69. The van der Waals surface area contributed by atoms with Crippen LogP contribution in [0.25, 0.3) is 0 Å². The molecule has 1 aliphatic heterocycles. The lowest BCUT2D eigenvalue weighted by molar-refractivity contribution is -0.0750. The highest BCUT2D eigenvalue weighted by atomic mass is 16.5. The van der Waals surface area contributed by atoms with Crippen LogP contribution in [0.2, 0.25) is 0 Å². The Bertz CT molecular complexity index is 344. The minimum atomic E-state index is 0.580. The third kappa shape index (κ3) is 2.06. The fourth-order valence-corrected chi connectivity index (χ4v) is 2.28. The number of aromatic nitrogens is 2. The first-order chi connectivity index (χ1) is 7.22. The Hall–Kier alpha value is -0.870. The zero-order chi connectivity index (χ0) is 10.8. The Labute approximate surface area is 90.5 Å². The van der Waals surface area contributed by atoms with Crippen LogP contribution in [0.3, 0.4) is 0 Å². The first-order valence-corrected chi connectivity index (χ1v) is 5.69. The molecule has 0 amide bonds. The molecule has 0 fully saturated rings. The molecule has 4 heteroatoms. The van der Waals surface area contributed by atoms with Gasteiger partial charge in [-0.25, -0.2) is 4.98 Å². The van der Waals surface area contributed by atoms with Crippen LogP contribution < -0.4 is 0 Å². The Morgan fingerprint density at radius 2 is 2.27 bits per heavy atom. The van der Waals surface area contributed by atoms with E-state index in [0.29, 0.717) is 6.54 Å². The van der Waals surface area contributed by atoms with Crippen LogP contribution in [-0.4, -0.2) is 26.9 Å². The lowest BCUT2D eigenvalue weighted by Crippen LogP contribution is -2.19. The Morgan fingerprint density at radius 3 is 2.93 bits per heavy atom. The smallest absolute Gasteiger partial charge is 0.109 e. The molecule has 15 heavy (non-hydrogen) atoms. The van der Waals surface area contributed by atoms with Crippen molar-refractivity contribution in [1.29, 1.82) is 0 Å². The standard InChI is InChI=1S/C11H19N3O/c1-3-9-10(8-13(2)15)14-7-5-4-6-11(14)12-9/h15H,3-8H2,1-2H3. The van der Waals surface area contributed by atoms with Crippen LogP contribution in [0.4, 0.5) is 0 Å². The number of hydroxylamine groups is 2. The number of rotatable bonds is 3. The summed E-state index contributed by atoms with van der Waals surface area (Å²) in [6.45, 7) is 3.76. The summed E-state index contributed by atoms with van der Waals surface area (Å²) in [7, 11) is 1.68. The second-order valence-electron chi connectivity index (χ2n) is 4.20. The summed E-state index contributed by atoms with van der Waals surface area (Å²) in [5.74, 6) is 1.20. The van der Waals surface area contributed by atoms with Gasteiger partial charge in [-0.2, -0.15) is 5.06 Å². The van der Waals surface area contributed by atoms with Crippen LogP contribution in [-0.2, 0) is 25.9 Å². The number of hydrogen-bond donors (Lipinski definition) is 1. The van der Waals surface area contributed by atoms with Gasteiger partial charge in [0.1, 0.15) is 5.82 Å². The average Bonchev–Trinajstić information content (AvgIpc) is 2.56. The van der Waals surface area contributed by atoms with Crippen LogP contribution in [0.1, 0.15) is 37.0 Å². The van der Waals surface area contributed by atoms with Crippen molar-refractivity contribution in [3.63, 3.8) is 0 Å². The number of hydrogen-bond acceptors (Lipinski definition) is 3. The Morgan fingerprint density at radius 1 is 1.47 bits per heavy atom. The summed E-state index contributed by atoms with van der Waals surface area (Å²) in [5.41, 5.74) is 2.34. The summed E-state index contributed by atoms with van der Waals surface area (Å²) < 4.78 is 2.29. The lowest BCUT2D eigenvalue weighted by atomic mass is 10.1. The van der Waals surface area contributed by atoms with Gasteiger partial charge in [-0.15, -0.1) is 0 Å².